The molecule has 1 aromatic carbocycles. The number of nitrogen functional groups attached to an aromatic ring is 1. The van der Waals surface area contributed by atoms with Crippen molar-refractivity contribution in [2.75, 3.05) is 5.73 Å². The molecule has 2 rings (SSSR count). The third-order valence-electron chi connectivity index (χ3n) is 2.67. The topological polar surface area (TPSA) is 48.1 Å². The van der Waals surface area contributed by atoms with Crippen molar-refractivity contribution in [1.29, 1.82) is 0 Å². The summed E-state index contributed by atoms with van der Waals surface area (Å²) in [5.41, 5.74) is 5.33. The lowest BCUT2D eigenvalue weighted by Gasteiger charge is -2.12. The van der Waals surface area contributed by atoms with E-state index in [2.05, 4.69) is 4.98 Å². The zero-order chi connectivity index (χ0) is 15.6. The fourth-order valence-electron chi connectivity index (χ4n) is 1.86. The Morgan fingerprint density at radius 2 is 1.86 bits per heavy atom. The molecule has 1 aromatic heterocycles. The van der Waals surface area contributed by atoms with Crippen molar-refractivity contribution in [3.05, 3.63) is 42.0 Å². The highest BCUT2D eigenvalue weighted by molar-refractivity contribution is 5.64. The molecule has 0 aliphatic rings. The normalized spacial score (nSPS) is 11.7. The van der Waals surface area contributed by atoms with Crippen LogP contribution in [0.1, 0.15) is 19.4 Å². The van der Waals surface area contributed by atoms with E-state index in [1.54, 1.807) is 24.3 Å². The lowest BCUT2D eigenvalue weighted by molar-refractivity contribution is -0.137. The number of nitrogens with two attached hydrogens (primary N) is 1. The fourth-order valence-corrected chi connectivity index (χ4v) is 1.86. The maximum atomic E-state index is 12.8. The van der Waals surface area contributed by atoms with Crippen molar-refractivity contribution in [2.24, 2.45) is 0 Å². The summed E-state index contributed by atoms with van der Waals surface area (Å²) in [4.78, 5) is 3.96. The maximum absolute atomic E-state index is 12.8. The molecule has 3 nitrogen and oxygen atoms in total. The summed E-state index contributed by atoms with van der Waals surface area (Å²) in [6, 6.07) is 8.53. The van der Waals surface area contributed by atoms with Crippen LogP contribution in [0.15, 0.2) is 36.4 Å². The molecule has 0 atom stereocenters. The number of ether oxygens (including phenoxy) is 1. The third kappa shape index (κ3) is 3.87. The molecule has 0 unspecified atom stereocenters. The molecule has 0 bridgehead atoms. The molecular formula is C15H15F3N2O. The number of pyridine rings is 1. The Morgan fingerprint density at radius 3 is 2.48 bits per heavy atom. The van der Waals surface area contributed by atoms with Crippen molar-refractivity contribution in [3.8, 4) is 17.0 Å². The van der Waals surface area contributed by atoms with Gasteiger partial charge >= 0.3 is 6.18 Å². The number of hydrogen-bond acceptors (Lipinski definition) is 3. The van der Waals surface area contributed by atoms with Gasteiger partial charge in [-0.1, -0.05) is 12.1 Å². The summed E-state index contributed by atoms with van der Waals surface area (Å²) in [7, 11) is 0. The van der Waals surface area contributed by atoms with E-state index < -0.39 is 11.7 Å². The minimum absolute atomic E-state index is 0.0280. The largest absolute Gasteiger partial charge is 0.491 e. The fraction of sp³-hybridized carbons (Fsp3) is 0.267. The van der Waals surface area contributed by atoms with Crippen LogP contribution in [-0.2, 0) is 6.18 Å². The second kappa shape index (κ2) is 5.63. The zero-order valence-corrected chi connectivity index (χ0v) is 11.6. The molecular weight excluding hydrogens is 281 g/mol. The van der Waals surface area contributed by atoms with Gasteiger partial charge in [0.2, 0.25) is 0 Å². The molecule has 2 aromatic rings. The highest BCUT2D eigenvalue weighted by Crippen LogP contribution is 2.33. The second-order valence-electron chi connectivity index (χ2n) is 4.86. The van der Waals surface area contributed by atoms with Crippen molar-refractivity contribution >= 4 is 5.82 Å². The third-order valence-corrected chi connectivity index (χ3v) is 2.67. The van der Waals surface area contributed by atoms with E-state index in [4.69, 9.17) is 10.5 Å². The van der Waals surface area contributed by atoms with Crippen molar-refractivity contribution in [2.45, 2.75) is 26.1 Å². The van der Waals surface area contributed by atoms with Crippen LogP contribution in [0.5, 0.6) is 5.75 Å². The van der Waals surface area contributed by atoms with Gasteiger partial charge in [-0.25, -0.2) is 4.98 Å². The Bertz CT molecular complexity index is 639. The van der Waals surface area contributed by atoms with E-state index in [0.717, 1.165) is 12.1 Å². The van der Waals surface area contributed by atoms with Crippen LogP contribution >= 0.6 is 0 Å². The summed E-state index contributed by atoms with van der Waals surface area (Å²) in [6.07, 6.45) is -4.49. The van der Waals surface area contributed by atoms with Gasteiger partial charge in [0.1, 0.15) is 11.6 Å². The number of benzene rings is 1. The molecule has 0 radical (unpaired) electrons. The molecule has 0 fully saturated rings. The predicted octanol–water partition coefficient (Wildman–Crippen LogP) is 4.14. The van der Waals surface area contributed by atoms with E-state index in [1.807, 2.05) is 13.8 Å². The SMILES string of the molecule is CC(C)Oc1cccc(-c2cc(C(F)(F)F)cc(N)n2)c1. The predicted molar refractivity (Wildman–Crippen MR) is 74.9 cm³/mol. The first-order chi connectivity index (χ1) is 9.75. The van der Waals surface area contributed by atoms with Crippen LogP contribution in [0.4, 0.5) is 19.0 Å². The number of anilines is 1. The summed E-state index contributed by atoms with van der Waals surface area (Å²) in [5.74, 6) is 0.398. The van der Waals surface area contributed by atoms with Crippen LogP contribution in [0.3, 0.4) is 0 Å². The summed E-state index contributed by atoms with van der Waals surface area (Å²) >= 11 is 0. The number of rotatable bonds is 3. The lowest BCUT2D eigenvalue weighted by atomic mass is 10.1. The number of halogens is 3. The molecule has 21 heavy (non-hydrogen) atoms. The van der Waals surface area contributed by atoms with Gasteiger partial charge in [0.25, 0.3) is 0 Å². The second-order valence-corrected chi connectivity index (χ2v) is 4.86. The monoisotopic (exact) mass is 296 g/mol. The first-order valence-electron chi connectivity index (χ1n) is 6.37. The number of hydrogen-bond donors (Lipinski definition) is 1. The molecule has 1 heterocycles. The van der Waals surface area contributed by atoms with Gasteiger partial charge in [-0.15, -0.1) is 0 Å². The van der Waals surface area contributed by atoms with Gasteiger partial charge in [-0.05, 0) is 38.1 Å². The molecule has 6 heteroatoms. The molecule has 0 aliphatic heterocycles. The average molecular weight is 296 g/mol. The minimum Gasteiger partial charge on any atom is -0.491 e. The lowest BCUT2D eigenvalue weighted by Crippen LogP contribution is -2.07. The molecule has 112 valence electrons. The Hall–Kier alpha value is -2.24. The first kappa shape index (κ1) is 15.2. The molecule has 0 saturated heterocycles. The van der Waals surface area contributed by atoms with Crippen LogP contribution in [0.2, 0.25) is 0 Å². The van der Waals surface area contributed by atoms with Crippen LogP contribution in [0.25, 0.3) is 11.3 Å². The molecule has 2 N–H and O–H groups in total. The van der Waals surface area contributed by atoms with Crippen LogP contribution in [0, 0.1) is 0 Å². The van der Waals surface area contributed by atoms with Crippen LogP contribution in [-0.4, -0.2) is 11.1 Å². The number of alkyl halides is 3. The van der Waals surface area contributed by atoms with E-state index >= 15 is 0 Å². The van der Waals surface area contributed by atoms with E-state index in [9.17, 15) is 13.2 Å². The summed E-state index contributed by atoms with van der Waals surface area (Å²) < 4.78 is 43.9. The molecule has 0 aliphatic carbocycles. The number of aromatic nitrogens is 1. The standard InChI is InChI=1S/C15H15F3N2O/c1-9(2)21-12-5-3-4-10(6-12)13-7-11(15(16,17)18)8-14(19)20-13/h3-9H,1-2H3,(H2,19,20). The Balaban J connectivity index is 2.44. The number of nitrogens with zero attached hydrogens (tertiary/aromatic N) is 1. The van der Waals surface area contributed by atoms with E-state index in [1.165, 1.54) is 0 Å². The van der Waals surface area contributed by atoms with E-state index in [0.29, 0.717) is 11.3 Å². The molecule has 0 spiro atoms. The maximum Gasteiger partial charge on any atom is 0.416 e. The van der Waals surface area contributed by atoms with Crippen molar-refractivity contribution < 1.29 is 17.9 Å². The summed E-state index contributed by atoms with van der Waals surface area (Å²) in [5, 5.41) is 0. The molecule has 0 amide bonds. The Kier molecular flexibility index (Phi) is 4.06. The van der Waals surface area contributed by atoms with Crippen LogP contribution < -0.4 is 10.5 Å². The van der Waals surface area contributed by atoms with Gasteiger partial charge in [0.05, 0.1) is 17.4 Å². The summed E-state index contributed by atoms with van der Waals surface area (Å²) in [6.45, 7) is 3.74. The minimum atomic E-state index is -4.46. The smallest absolute Gasteiger partial charge is 0.416 e. The zero-order valence-electron chi connectivity index (χ0n) is 11.6. The van der Waals surface area contributed by atoms with Gasteiger partial charge in [-0.2, -0.15) is 13.2 Å². The quantitative estimate of drug-likeness (QED) is 0.926. The molecule has 0 saturated carbocycles. The average Bonchev–Trinajstić information content (AvgIpc) is 2.36. The van der Waals surface area contributed by atoms with Crippen molar-refractivity contribution in [3.63, 3.8) is 0 Å². The van der Waals surface area contributed by atoms with E-state index in [-0.39, 0.29) is 17.6 Å². The van der Waals surface area contributed by atoms with Gasteiger partial charge in [-0.3, -0.25) is 0 Å². The first-order valence-corrected chi connectivity index (χ1v) is 6.37. The van der Waals surface area contributed by atoms with Gasteiger partial charge in [0, 0.05) is 5.56 Å². The highest BCUT2D eigenvalue weighted by atomic mass is 19.4. The highest BCUT2D eigenvalue weighted by Gasteiger charge is 2.31. The van der Waals surface area contributed by atoms with Gasteiger partial charge in [0.15, 0.2) is 0 Å². The van der Waals surface area contributed by atoms with Crippen molar-refractivity contribution in [1.82, 2.24) is 4.98 Å². The Morgan fingerprint density at radius 1 is 1.14 bits per heavy atom. The van der Waals surface area contributed by atoms with Gasteiger partial charge < -0.3 is 10.5 Å². The Labute approximate surface area is 120 Å².